The largest absolute Gasteiger partial charge is 0.447 e. The fourth-order valence-electron chi connectivity index (χ4n) is 2.33. The van der Waals surface area contributed by atoms with Gasteiger partial charge in [0.05, 0.1) is 6.10 Å². The molecule has 2 aliphatic rings. The van der Waals surface area contributed by atoms with E-state index in [1.54, 1.807) is 7.11 Å². The molecule has 0 radical (unpaired) electrons. The quantitative estimate of drug-likeness (QED) is 0.664. The summed E-state index contributed by atoms with van der Waals surface area (Å²) < 4.78 is 10.3. The van der Waals surface area contributed by atoms with Gasteiger partial charge in [-0.2, -0.15) is 0 Å². The van der Waals surface area contributed by atoms with Gasteiger partial charge in [0.2, 0.25) is 0 Å². The van der Waals surface area contributed by atoms with Crippen LogP contribution in [-0.4, -0.2) is 31.5 Å². The Morgan fingerprint density at radius 1 is 1.62 bits per heavy atom. The van der Waals surface area contributed by atoms with E-state index in [0.717, 1.165) is 19.3 Å². The van der Waals surface area contributed by atoms with E-state index >= 15 is 0 Å². The Morgan fingerprint density at radius 2 is 2.46 bits per heavy atom. The molecule has 74 valence electrons. The third kappa shape index (κ3) is 1.39. The number of cyclic esters (lactones) is 1. The van der Waals surface area contributed by atoms with Gasteiger partial charge < -0.3 is 14.8 Å². The van der Waals surface area contributed by atoms with Crippen molar-refractivity contribution in [2.24, 2.45) is 0 Å². The summed E-state index contributed by atoms with van der Waals surface area (Å²) in [5.41, 5.74) is -0.232. The molecule has 2 rings (SSSR count). The summed E-state index contributed by atoms with van der Waals surface area (Å²) in [4.78, 5) is 11.0. The van der Waals surface area contributed by atoms with Crippen molar-refractivity contribution in [2.75, 3.05) is 13.7 Å². The summed E-state index contributed by atoms with van der Waals surface area (Å²) in [7, 11) is 1.70. The molecule has 0 aromatic carbocycles. The van der Waals surface area contributed by atoms with Gasteiger partial charge in [-0.1, -0.05) is 12.8 Å². The van der Waals surface area contributed by atoms with Gasteiger partial charge in [-0.25, -0.2) is 4.79 Å². The SMILES string of the molecule is CO[C@H]1CCCC[C@@]12COC(=O)N2. The van der Waals surface area contributed by atoms with Gasteiger partial charge in [0, 0.05) is 7.11 Å². The van der Waals surface area contributed by atoms with Crippen molar-refractivity contribution in [3.8, 4) is 0 Å². The highest BCUT2D eigenvalue weighted by atomic mass is 16.6. The molecule has 1 heterocycles. The minimum atomic E-state index is -0.302. The molecule has 1 aliphatic carbocycles. The lowest BCUT2D eigenvalue weighted by atomic mass is 9.80. The van der Waals surface area contributed by atoms with Crippen LogP contribution in [0.4, 0.5) is 4.79 Å². The number of rotatable bonds is 1. The van der Waals surface area contributed by atoms with Crippen LogP contribution in [0.5, 0.6) is 0 Å². The molecule has 1 saturated carbocycles. The lowest BCUT2D eigenvalue weighted by molar-refractivity contribution is -0.00776. The molecule has 0 aromatic heterocycles. The van der Waals surface area contributed by atoms with Crippen LogP contribution in [0.15, 0.2) is 0 Å². The number of carbonyl (C=O) groups is 1. The van der Waals surface area contributed by atoms with Crippen molar-refractivity contribution in [2.45, 2.75) is 37.3 Å². The third-order valence-corrected chi connectivity index (χ3v) is 3.05. The number of nitrogens with one attached hydrogen (secondary N) is 1. The molecule has 1 spiro atoms. The fourth-order valence-corrected chi connectivity index (χ4v) is 2.33. The fraction of sp³-hybridized carbons (Fsp3) is 0.889. The van der Waals surface area contributed by atoms with Crippen molar-refractivity contribution >= 4 is 6.09 Å². The number of methoxy groups -OCH3 is 1. The molecule has 13 heavy (non-hydrogen) atoms. The second kappa shape index (κ2) is 3.18. The topological polar surface area (TPSA) is 47.6 Å². The van der Waals surface area contributed by atoms with E-state index in [1.165, 1.54) is 6.42 Å². The predicted octanol–water partition coefficient (Wildman–Crippen LogP) is 1.05. The standard InChI is InChI=1S/C9H15NO3/c1-12-7-4-2-3-5-9(7)6-13-8(11)10-9/h7H,2-6H2,1H3,(H,10,11)/t7-,9+/m0/s1. The molecule has 1 saturated heterocycles. The second-order valence-corrected chi connectivity index (χ2v) is 3.83. The zero-order valence-electron chi connectivity index (χ0n) is 7.84. The number of hydrogen-bond acceptors (Lipinski definition) is 3. The van der Waals surface area contributed by atoms with E-state index in [-0.39, 0.29) is 17.7 Å². The third-order valence-electron chi connectivity index (χ3n) is 3.05. The highest BCUT2D eigenvalue weighted by molar-refractivity contribution is 5.71. The summed E-state index contributed by atoms with van der Waals surface area (Å²) in [6.45, 7) is 0.463. The molecule has 2 fully saturated rings. The first-order chi connectivity index (χ1) is 6.27. The highest BCUT2D eigenvalue weighted by Crippen LogP contribution is 2.33. The van der Waals surface area contributed by atoms with Crippen molar-refractivity contribution in [3.05, 3.63) is 0 Å². The van der Waals surface area contributed by atoms with Crippen LogP contribution in [0.25, 0.3) is 0 Å². The van der Waals surface area contributed by atoms with Crippen molar-refractivity contribution in [3.63, 3.8) is 0 Å². The molecule has 4 nitrogen and oxygen atoms in total. The number of hydrogen-bond donors (Lipinski definition) is 1. The average Bonchev–Trinajstić information content (AvgIpc) is 2.49. The highest BCUT2D eigenvalue weighted by Gasteiger charge is 2.47. The maximum atomic E-state index is 11.0. The van der Waals surface area contributed by atoms with Gasteiger partial charge in [-0.05, 0) is 12.8 Å². The van der Waals surface area contributed by atoms with Crippen LogP contribution in [0.2, 0.25) is 0 Å². The average molecular weight is 185 g/mol. The predicted molar refractivity (Wildman–Crippen MR) is 46.5 cm³/mol. The molecular formula is C9H15NO3. The normalized spacial score (nSPS) is 38.8. The number of ether oxygens (including phenoxy) is 2. The Morgan fingerprint density at radius 3 is 3.08 bits per heavy atom. The van der Waals surface area contributed by atoms with Gasteiger partial charge in [-0.3, -0.25) is 0 Å². The monoisotopic (exact) mass is 185 g/mol. The molecule has 2 atom stereocenters. The number of carbonyl (C=O) groups excluding carboxylic acids is 1. The van der Waals surface area contributed by atoms with Crippen LogP contribution in [0.1, 0.15) is 25.7 Å². The van der Waals surface area contributed by atoms with E-state index < -0.39 is 0 Å². The smallest absolute Gasteiger partial charge is 0.407 e. The van der Waals surface area contributed by atoms with Crippen LogP contribution in [0, 0.1) is 0 Å². The summed E-state index contributed by atoms with van der Waals surface area (Å²) >= 11 is 0. The van der Waals surface area contributed by atoms with Gasteiger partial charge in [0.25, 0.3) is 0 Å². The summed E-state index contributed by atoms with van der Waals surface area (Å²) in [5, 5.41) is 2.88. The molecule has 1 amide bonds. The number of alkyl carbamates (subject to hydrolysis) is 1. The summed E-state index contributed by atoms with van der Waals surface area (Å²) in [6.07, 6.45) is 4.12. The Labute approximate surface area is 77.6 Å². The molecular weight excluding hydrogens is 170 g/mol. The Bertz CT molecular complexity index is 219. The van der Waals surface area contributed by atoms with Gasteiger partial charge in [0.15, 0.2) is 0 Å². The molecule has 0 unspecified atom stereocenters. The maximum absolute atomic E-state index is 11.0. The summed E-state index contributed by atoms with van der Waals surface area (Å²) in [5.74, 6) is 0. The molecule has 0 aromatic rings. The molecule has 0 bridgehead atoms. The van der Waals surface area contributed by atoms with Crippen LogP contribution < -0.4 is 5.32 Å². The Balaban J connectivity index is 2.13. The van der Waals surface area contributed by atoms with Crippen molar-refractivity contribution in [1.29, 1.82) is 0 Å². The second-order valence-electron chi connectivity index (χ2n) is 3.83. The molecule has 4 heteroatoms. The van der Waals surface area contributed by atoms with E-state index in [0.29, 0.717) is 6.61 Å². The van der Waals surface area contributed by atoms with E-state index in [1.807, 2.05) is 0 Å². The molecule has 1 N–H and O–H groups in total. The lowest BCUT2D eigenvalue weighted by Gasteiger charge is -2.38. The van der Waals surface area contributed by atoms with E-state index in [4.69, 9.17) is 9.47 Å². The van der Waals surface area contributed by atoms with Crippen LogP contribution in [-0.2, 0) is 9.47 Å². The van der Waals surface area contributed by atoms with E-state index in [2.05, 4.69) is 5.32 Å². The first kappa shape index (κ1) is 8.81. The lowest BCUT2D eigenvalue weighted by Crippen LogP contribution is -2.55. The Kier molecular flexibility index (Phi) is 2.15. The van der Waals surface area contributed by atoms with Gasteiger partial charge >= 0.3 is 6.09 Å². The van der Waals surface area contributed by atoms with Gasteiger partial charge in [-0.15, -0.1) is 0 Å². The maximum Gasteiger partial charge on any atom is 0.407 e. The first-order valence-corrected chi connectivity index (χ1v) is 4.74. The zero-order chi connectivity index (χ0) is 9.31. The minimum Gasteiger partial charge on any atom is -0.447 e. The minimum absolute atomic E-state index is 0.118. The Hall–Kier alpha value is -0.770. The van der Waals surface area contributed by atoms with Crippen LogP contribution >= 0.6 is 0 Å². The van der Waals surface area contributed by atoms with Crippen molar-refractivity contribution in [1.82, 2.24) is 5.32 Å². The molecule has 1 aliphatic heterocycles. The van der Waals surface area contributed by atoms with E-state index in [9.17, 15) is 4.79 Å². The first-order valence-electron chi connectivity index (χ1n) is 4.74. The number of amides is 1. The van der Waals surface area contributed by atoms with Crippen molar-refractivity contribution < 1.29 is 14.3 Å². The van der Waals surface area contributed by atoms with Gasteiger partial charge in [0.1, 0.15) is 12.1 Å². The van der Waals surface area contributed by atoms with Crippen LogP contribution in [0.3, 0.4) is 0 Å². The zero-order valence-corrected chi connectivity index (χ0v) is 7.84. The summed E-state index contributed by atoms with van der Waals surface area (Å²) in [6, 6.07) is 0.